The molecule has 2 aromatic carbocycles. The van der Waals surface area contributed by atoms with Crippen LogP contribution in [0.2, 0.25) is 0 Å². The summed E-state index contributed by atoms with van der Waals surface area (Å²) in [7, 11) is 0. The van der Waals surface area contributed by atoms with Gasteiger partial charge in [0.05, 0.1) is 0 Å². The van der Waals surface area contributed by atoms with Crippen molar-refractivity contribution < 1.29 is 34.7 Å². The Morgan fingerprint density at radius 2 is 1.65 bits per heavy atom. The Kier molecular flexibility index (Phi) is 4.18. The first-order chi connectivity index (χ1) is 11.0. The highest BCUT2D eigenvalue weighted by Crippen LogP contribution is 2.29. The smallest absolute Gasteiger partial charge is 0.335 e. The summed E-state index contributed by atoms with van der Waals surface area (Å²) in [6.45, 7) is 0. The van der Waals surface area contributed by atoms with E-state index in [9.17, 15) is 20.1 Å². The van der Waals surface area contributed by atoms with Crippen LogP contribution < -0.4 is 4.74 Å². The standard InChI is InChI=1S/C16H16O7/c17-11-12(18)14(15(20)21)23-16(13(11)19)22-10-7-3-5-8-4-1-2-6-9(8)10/h1-7,11-14,16-19H,(H,20,21)/t11-,12-,13+,14-,16+/m0/s1. The summed E-state index contributed by atoms with van der Waals surface area (Å²) in [6, 6.07) is 12.6. The van der Waals surface area contributed by atoms with E-state index in [4.69, 9.17) is 14.6 Å². The predicted octanol–water partition coefficient (Wildman–Crippen LogP) is 0.111. The molecule has 122 valence electrons. The predicted molar refractivity (Wildman–Crippen MR) is 78.9 cm³/mol. The molecular weight excluding hydrogens is 304 g/mol. The molecule has 0 amide bonds. The number of fused-ring (bicyclic) bond motifs is 1. The van der Waals surface area contributed by atoms with Gasteiger partial charge in [0.2, 0.25) is 6.29 Å². The fourth-order valence-corrected chi connectivity index (χ4v) is 2.57. The highest BCUT2D eigenvalue weighted by Gasteiger charge is 2.48. The molecule has 3 rings (SSSR count). The number of ether oxygens (including phenoxy) is 2. The van der Waals surface area contributed by atoms with Gasteiger partial charge in [-0.25, -0.2) is 4.79 Å². The Morgan fingerprint density at radius 1 is 0.957 bits per heavy atom. The summed E-state index contributed by atoms with van der Waals surface area (Å²) in [5, 5.41) is 40.1. The van der Waals surface area contributed by atoms with Gasteiger partial charge in [-0.2, -0.15) is 0 Å². The number of aliphatic hydroxyl groups excluding tert-OH is 3. The molecule has 7 heteroatoms. The molecule has 0 aromatic heterocycles. The second-order valence-electron chi connectivity index (χ2n) is 5.33. The lowest BCUT2D eigenvalue weighted by Crippen LogP contribution is -2.61. The molecule has 0 radical (unpaired) electrons. The van der Waals surface area contributed by atoms with Crippen LogP contribution in [0.25, 0.3) is 10.8 Å². The topological polar surface area (TPSA) is 116 Å². The van der Waals surface area contributed by atoms with E-state index < -0.39 is 36.7 Å². The maximum Gasteiger partial charge on any atom is 0.335 e. The van der Waals surface area contributed by atoms with E-state index in [2.05, 4.69) is 0 Å². The molecule has 1 aliphatic rings. The van der Waals surface area contributed by atoms with Crippen molar-refractivity contribution in [3.8, 4) is 5.75 Å². The largest absolute Gasteiger partial charge is 0.479 e. The van der Waals surface area contributed by atoms with Crippen molar-refractivity contribution in [1.29, 1.82) is 0 Å². The van der Waals surface area contributed by atoms with Crippen LogP contribution >= 0.6 is 0 Å². The zero-order valence-electron chi connectivity index (χ0n) is 11.9. The van der Waals surface area contributed by atoms with Crippen molar-refractivity contribution >= 4 is 16.7 Å². The highest BCUT2D eigenvalue weighted by atomic mass is 16.7. The van der Waals surface area contributed by atoms with Crippen LogP contribution in [-0.2, 0) is 9.53 Å². The number of hydrogen-bond donors (Lipinski definition) is 4. The second-order valence-corrected chi connectivity index (χ2v) is 5.33. The molecular formula is C16H16O7. The molecule has 4 N–H and O–H groups in total. The first-order valence-corrected chi connectivity index (χ1v) is 7.06. The number of carboxylic acid groups (broad SMARTS) is 1. The normalized spacial score (nSPS) is 31.0. The minimum atomic E-state index is -1.74. The van der Waals surface area contributed by atoms with Crippen LogP contribution in [0.3, 0.4) is 0 Å². The maximum absolute atomic E-state index is 11.1. The molecule has 2 aromatic rings. The molecule has 0 bridgehead atoms. The number of aliphatic carboxylic acids is 1. The molecule has 1 saturated heterocycles. The monoisotopic (exact) mass is 320 g/mol. The number of benzene rings is 2. The maximum atomic E-state index is 11.1. The third-order valence-electron chi connectivity index (χ3n) is 3.81. The second kappa shape index (κ2) is 6.13. The molecule has 0 unspecified atom stereocenters. The van der Waals surface area contributed by atoms with Gasteiger partial charge in [-0.05, 0) is 11.5 Å². The summed E-state index contributed by atoms with van der Waals surface area (Å²) in [4.78, 5) is 11.1. The quantitative estimate of drug-likeness (QED) is 0.634. The Hall–Kier alpha value is -2.19. The summed E-state index contributed by atoms with van der Waals surface area (Å²) in [6.07, 6.45) is -8.12. The minimum absolute atomic E-state index is 0.375. The lowest BCUT2D eigenvalue weighted by molar-refractivity contribution is -0.270. The van der Waals surface area contributed by atoms with E-state index in [1.807, 2.05) is 24.3 Å². The minimum Gasteiger partial charge on any atom is -0.479 e. The number of rotatable bonds is 3. The Balaban J connectivity index is 1.90. The zero-order chi connectivity index (χ0) is 16.6. The fraction of sp³-hybridized carbons (Fsp3) is 0.312. The molecule has 0 saturated carbocycles. The summed E-state index contributed by atoms with van der Waals surface area (Å²) in [5.41, 5.74) is 0. The third-order valence-corrected chi connectivity index (χ3v) is 3.81. The SMILES string of the molecule is O=C(O)[C@H]1O[C@@H](Oc2cccc3ccccc23)[C@H](O)[C@@H](O)[C@@H]1O. The van der Waals surface area contributed by atoms with Crippen molar-refractivity contribution in [3.05, 3.63) is 42.5 Å². The van der Waals surface area contributed by atoms with E-state index in [-0.39, 0.29) is 0 Å². The molecule has 5 atom stereocenters. The molecule has 23 heavy (non-hydrogen) atoms. The van der Waals surface area contributed by atoms with Crippen molar-refractivity contribution in [2.24, 2.45) is 0 Å². The first-order valence-electron chi connectivity index (χ1n) is 7.06. The van der Waals surface area contributed by atoms with Gasteiger partial charge in [-0.3, -0.25) is 0 Å². The lowest BCUT2D eigenvalue weighted by Gasteiger charge is -2.38. The van der Waals surface area contributed by atoms with E-state index in [1.165, 1.54) is 0 Å². The van der Waals surface area contributed by atoms with Gasteiger partial charge in [0.15, 0.2) is 6.10 Å². The van der Waals surface area contributed by atoms with Gasteiger partial charge >= 0.3 is 5.97 Å². The molecule has 1 fully saturated rings. The average Bonchev–Trinajstić information content (AvgIpc) is 2.55. The Morgan fingerprint density at radius 3 is 2.39 bits per heavy atom. The van der Waals surface area contributed by atoms with Gasteiger partial charge in [-0.15, -0.1) is 0 Å². The number of aliphatic hydroxyl groups is 3. The van der Waals surface area contributed by atoms with Crippen LogP contribution in [0.15, 0.2) is 42.5 Å². The summed E-state index contributed by atoms with van der Waals surface area (Å²) in [5.74, 6) is -1.07. The van der Waals surface area contributed by atoms with Crippen LogP contribution in [0.4, 0.5) is 0 Å². The van der Waals surface area contributed by atoms with Gasteiger partial charge in [0.1, 0.15) is 24.1 Å². The van der Waals surface area contributed by atoms with Gasteiger partial charge < -0.3 is 29.9 Å². The summed E-state index contributed by atoms with van der Waals surface area (Å²) >= 11 is 0. The van der Waals surface area contributed by atoms with E-state index in [1.54, 1.807) is 18.2 Å². The summed E-state index contributed by atoms with van der Waals surface area (Å²) < 4.78 is 10.7. The van der Waals surface area contributed by atoms with E-state index in [0.717, 1.165) is 10.8 Å². The van der Waals surface area contributed by atoms with Gasteiger partial charge in [0.25, 0.3) is 0 Å². The molecule has 1 aliphatic heterocycles. The highest BCUT2D eigenvalue weighted by molar-refractivity contribution is 5.88. The lowest BCUT2D eigenvalue weighted by atomic mass is 9.99. The number of hydrogen-bond acceptors (Lipinski definition) is 6. The van der Waals surface area contributed by atoms with Crippen LogP contribution in [0.5, 0.6) is 5.75 Å². The molecule has 0 spiro atoms. The first kappa shape index (κ1) is 15.7. The molecule has 0 aliphatic carbocycles. The Labute approximate surface area is 131 Å². The molecule has 1 heterocycles. The third kappa shape index (κ3) is 2.87. The average molecular weight is 320 g/mol. The van der Waals surface area contributed by atoms with E-state index >= 15 is 0 Å². The number of carbonyl (C=O) groups is 1. The molecule has 7 nitrogen and oxygen atoms in total. The van der Waals surface area contributed by atoms with E-state index in [0.29, 0.717) is 5.75 Å². The van der Waals surface area contributed by atoms with Gasteiger partial charge in [0, 0.05) is 5.39 Å². The van der Waals surface area contributed by atoms with Crippen LogP contribution in [0.1, 0.15) is 0 Å². The van der Waals surface area contributed by atoms with Crippen molar-refractivity contribution in [2.45, 2.75) is 30.7 Å². The number of carboxylic acids is 1. The zero-order valence-corrected chi connectivity index (χ0v) is 11.9. The van der Waals surface area contributed by atoms with Crippen LogP contribution in [-0.4, -0.2) is 57.1 Å². The van der Waals surface area contributed by atoms with Crippen LogP contribution in [0, 0.1) is 0 Å². The van der Waals surface area contributed by atoms with Crippen molar-refractivity contribution in [1.82, 2.24) is 0 Å². The van der Waals surface area contributed by atoms with Gasteiger partial charge in [-0.1, -0.05) is 36.4 Å². The Bertz CT molecular complexity index is 711. The fourth-order valence-electron chi connectivity index (χ4n) is 2.57. The van der Waals surface area contributed by atoms with Crippen molar-refractivity contribution in [2.75, 3.05) is 0 Å². The van der Waals surface area contributed by atoms with Crippen molar-refractivity contribution in [3.63, 3.8) is 0 Å².